The Morgan fingerprint density at radius 2 is 1.95 bits per heavy atom. The second kappa shape index (κ2) is 6.73. The van der Waals surface area contributed by atoms with E-state index in [-0.39, 0.29) is 11.6 Å². The van der Waals surface area contributed by atoms with E-state index >= 15 is 0 Å². The fraction of sp³-hybridized carbons (Fsp3) is 0.786. The van der Waals surface area contributed by atoms with E-state index in [2.05, 4.69) is 18.9 Å². The molecule has 19 heavy (non-hydrogen) atoms. The summed E-state index contributed by atoms with van der Waals surface area (Å²) in [5, 5.41) is 5.05. The number of aromatic nitrogens is 2. The van der Waals surface area contributed by atoms with Crippen LogP contribution in [-0.2, 0) is 18.2 Å². The lowest BCUT2D eigenvalue weighted by atomic mass is 9.86. The highest BCUT2D eigenvalue weighted by atomic mass is 35.5. The first-order valence-corrected chi connectivity index (χ1v) is 7.37. The van der Waals surface area contributed by atoms with Gasteiger partial charge in [0, 0.05) is 26.1 Å². The standard InChI is InChI=1S/C14H26ClN3O/c1-6-14(7-2,19-8-3)12(16)9-11-13(15)10(4)17-18(11)5/h12H,6-9,16H2,1-5H3. The Hall–Kier alpha value is -0.580. The van der Waals surface area contributed by atoms with Gasteiger partial charge in [-0.2, -0.15) is 5.10 Å². The molecule has 2 N–H and O–H groups in total. The monoisotopic (exact) mass is 287 g/mol. The lowest BCUT2D eigenvalue weighted by Crippen LogP contribution is -2.51. The van der Waals surface area contributed by atoms with Gasteiger partial charge < -0.3 is 10.5 Å². The van der Waals surface area contributed by atoms with Crippen molar-refractivity contribution in [1.29, 1.82) is 0 Å². The summed E-state index contributed by atoms with van der Waals surface area (Å²) in [6.07, 6.45) is 2.47. The van der Waals surface area contributed by atoms with Crippen LogP contribution in [0.5, 0.6) is 0 Å². The first-order chi connectivity index (χ1) is 8.91. The molecule has 0 aliphatic carbocycles. The molecule has 0 fully saturated rings. The van der Waals surface area contributed by atoms with Crippen LogP contribution in [0.2, 0.25) is 5.02 Å². The number of hydrogen-bond acceptors (Lipinski definition) is 3. The Labute approximate surface area is 121 Å². The third kappa shape index (κ3) is 3.30. The summed E-state index contributed by atoms with van der Waals surface area (Å²) in [5.41, 5.74) is 7.97. The van der Waals surface area contributed by atoms with Gasteiger partial charge in [0.15, 0.2) is 0 Å². The largest absolute Gasteiger partial charge is 0.374 e. The van der Waals surface area contributed by atoms with E-state index in [1.54, 1.807) is 0 Å². The van der Waals surface area contributed by atoms with Crippen molar-refractivity contribution in [2.75, 3.05) is 6.61 Å². The number of rotatable bonds is 7. The van der Waals surface area contributed by atoms with Gasteiger partial charge in [-0.05, 0) is 26.7 Å². The van der Waals surface area contributed by atoms with Crippen LogP contribution in [0, 0.1) is 6.92 Å². The van der Waals surface area contributed by atoms with E-state index in [4.69, 9.17) is 22.1 Å². The van der Waals surface area contributed by atoms with Gasteiger partial charge in [0.1, 0.15) is 0 Å². The number of ether oxygens (including phenoxy) is 1. The third-order valence-electron chi connectivity index (χ3n) is 3.98. The van der Waals surface area contributed by atoms with Gasteiger partial charge in [-0.15, -0.1) is 0 Å². The zero-order valence-corrected chi connectivity index (χ0v) is 13.4. The van der Waals surface area contributed by atoms with Crippen LogP contribution in [0.4, 0.5) is 0 Å². The molecule has 4 nitrogen and oxygen atoms in total. The van der Waals surface area contributed by atoms with E-state index < -0.39 is 0 Å². The highest BCUT2D eigenvalue weighted by molar-refractivity contribution is 6.31. The van der Waals surface area contributed by atoms with Crippen molar-refractivity contribution >= 4 is 11.6 Å². The number of nitrogens with zero attached hydrogens (tertiary/aromatic N) is 2. The van der Waals surface area contributed by atoms with E-state index in [1.807, 2.05) is 25.6 Å². The van der Waals surface area contributed by atoms with Gasteiger partial charge in [0.05, 0.1) is 22.0 Å². The molecule has 0 bridgehead atoms. The van der Waals surface area contributed by atoms with Crippen molar-refractivity contribution < 1.29 is 4.74 Å². The molecule has 0 amide bonds. The minimum absolute atomic E-state index is 0.0882. The van der Waals surface area contributed by atoms with Gasteiger partial charge in [-0.3, -0.25) is 4.68 Å². The van der Waals surface area contributed by atoms with Gasteiger partial charge in [0.2, 0.25) is 0 Å². The molecule has 0 aliphatic heterocycles. The zero-order valence-electron chi connectivity index (χ0n) is 12.7. The van der Waals surface area contributed by atoms with E-state index in [0.29, 0.717) is 13.0 Å². The lowest BCUT2D eigenvalue weighted by Gasteiger charge is -2.37. The fourth-order valence-electron chi connectivity index (χ4n) is 2.67. The molecule has 1 atom stereocenters. The summed E-state index contributed by atoms with van der Waals surface area (Å²) >= 11 is 6.29. The van der Waals surface area contributed by atoms with Crippen LogP contribution in [0.15, 0.2) is 0 Å². The van der Waals surface area contributed by atoms with Gasteiger partial charge in [-0.25, -0.2) is 0 Å². The van der Waals surface area contributed by atoms with Crippen LogP contribution in [0.3, 0.4) is 0 Å². The normalized spacial score (nSPS) is 13.8. The van der Waals surface area contributed by atoms with Gasteiger partial charge >= 0.3 is 0 Å². The number of halogens is 1. The highest BCUT2D eigenvalue weighted by Gasteiger charge is 2.35. The SMILES string of the molecule is CCOC(CC)(CC)C(N)Cc1c(Cl)c(C)nn1C. The Bertz CT molecular complexity index is 413. The number of aryl methyl sites for hydroxylation is 2. The molecule has 1 unspecified atom stereocenters. The maximum atomic E-state index is 6.41. The van der Waals surface area contributed by atoms with Crippen LogP contribution in [-0.4, -0.2) is 28.0 Å². The zero-order chi connectivity index (χ0) is 14.6. The predicted octanol–water partition coefficient (Wildman–Crippen LogP) is 2.85. The smallest absolute Gasteiger partial charge is 0.0847 e. The topological polar surface area (TPSA) is 53.1 Å². The van der Waals surface area contributed by atoms with Gasteiger partial charge in [0.25, 0.3) is 0 Å². The summed E-state index contributed by atoms with van der Waals surface area (Å²) in [5.74, 6) is 0. The summed E-state index contributed by atoms with van der Waals surface area (Å²) in [4.78, 5) is 0. The molecule has 0 saturated carbocycles. The van der Waals surface area contributed by atoms with Crippen LogP contribution >= 0.6 is 11.6 Å². The molecule has 0 aliphatic rings. The Morgan fingerprint density at radius 3 is 2.32 bits per heavy atom. The average molecular weight is 288 g/mol. The Balaban J connectivity index is 2.96. The predicted molar refractivity (Wildman–Crippen MR) is 79.6 cm³/mol. The molecule has 5 heteroatoms. The number of hydrogen-bond donors (Lipinski definition) is 1. The van der Waals surface area contributed by atoms with Crippen molar-refractivity contribution in [1.82, 2.24) is 9.78 Å². The average Bonchev–Trinajstić information content (AvgIpc) is 2.62. The van der Waals surface area contributed by atoms with Crippen molar-refractivity contribution in [3.05, 3.63) is 16.4 Å². The van der Waals surface area contributed by atoms with Crippen molar-refractivity contribution in [2.45, 2.75) is 58.6 Å². The first kappa shape index (κ1) is 16.5. The van der Waals surface area contributed by atoms with Crippen molar-refractivity contribution in [3.63, 3.8) is 0 Å². The summed E-state index contributed by atoms with van der Waals surface area (Å²) < 4.78 is 7.77. The molecule has 110 valence electrons. The van der Waals surface area contributed by atoms with Crippen molar-refractivity contribution in [2.24, 2.45) is 12.8 Å². The molecule has 1 aromatic heterocycles. The molecular weight excluding hydrogens is 262 g/mol. The Morgan fingerprint density at radius 1 is 1.37 bits per heavy atom. The molecule has 0 aromatic carbocycles. The van der Waals surface area contributed by atoms with E-state index in [1.165, 1.54) is 0 Å². The molecule has 0 spiro atoms. The van der Waals surface area contributed by atoms with Crippen molar-refractivity contribution in [3.8, 4) is 0 Å². The molecular formula is C14H26ClN3O. The minimum atomic E-state index is -0.281. The van der Waals surface area contributed by atoms with Gasteiger partial charge in [-0.1, -0.05) is 25.4 Å². The summed E-state index contributed by atoms with van der Waals surface area (Å²) in [6.45, 7) is 8.83. The lowest BCUT2D eigenvalue weighted by molar-refractivity contribution is -0.0636. The van der Waals surface area contributed by atoms with E-state index in [0.717, 1.165) is 29.3 Å². The highest BCUT2D eigenvalue weighted by Crippen LogP contribution is 2.28. The maximum absolute atomic E-state index is 6.41. The fourth-order valence-corrected chi connectivity index (χ4v) is 2.91. The third-order valence-corrected chi connectivity index (χ3v) is 4.47. The molecule has 0 saturated heterocycles. The first-order valence-electron chi connectivity index (χ1n) is 6.99. The second-order valence-electron chi connectivity index (χ2n) is 4.99. The summed E-state index contributed by atoms with van der Waals surface area (Å²) in [6, 6.07) is -0.0882. The minimum Gasteiger partial charge on any atom is -0.374 e. The molecule has 0 radical (unpaired) electrons. The molecule has 1 heterocycles. The summed E-state index contributed by atoms with van der Waals surface area (Å²) in [7, 11) is 1.90. The van der Waals surface area contributed by atoms with Crippen LogP contribution in [0.1, 0.15) is 45.0 Å². The maximum Gasteiger partial charge on any atom is 0.0847 e. The Kier molecular flexibility index (Phi) is 5.83. The quantitative estimate of drug-likeness (QED) is 0.839. The molecule has 1 aromatic rings. The van der Waals surface area contributed by atoms with Crippen LogP contribution in [0.25, 0.3) is 0 Å². The number of nitrogens with two attached hydrogens (primary N) is 1. The molecule has 1 rings (SSSR count). The second-order valence-corrected chi connectivity index (χ2v) is 5.36. The van der Waals surface area contributed by atoms with E-state index in [9.17, 15) is 0 Å². The van der Waals surface area contributed by atoms with Crippen LogP contribution < -0.4 is 5.73 Å².